The first-order valence-corrected chi connectivity index (χ1v) is 7.55. The molecule has 104 valence electrons. The van der Waals surface area contributed by atoms with E-state index in [-0.39, 0.29) is 5.91 Å². The molecule has 0 radical (unpaired) electrons. The maximum absolute atomic E-state index is 12.2. The van der Waals surface area contributed by atoms with Crippen LogP contribution in [-0.4, -0.2) is 13.0 Å². The number of carbonyl (C=O) groups is 1. The van der Waals surface area contributed by atoms with Crippen LogP contribution in [0.4, 0.5) is 0 Å². The Morgan fingerprint density at radius 2 is 2.00 bits per heavy atom. The fourth-order valence-corrected chi connectivity index (χ4v) is 2.60. The van der Waals surface area contributed by atoms with Crippen LogP contribution in [0.1, 0.15) is 15.9 Å². The molecule has 2 aromatic rings. The van der Waals surface area contributed by atoms with Crippen LogP contribution in [0.25, 0.3) is 0 Å². The molecule has 0 aromatic heterocycles. The molecule has 2 aromatic carbocycles. The second-order valence-corrected chi connectivity index (χ2v) is 5.93. The van der Waals surface area contributed by atoms with E-state index in [1.807, 2.05) is 24.3 Å². The summed E-state index contributed by atoms with van der Waals surface area (Å²) in [5.74, 6) is 0.511. The molecule has 3 nitrogen and oxygen atoms in total. The van der Waals surface area contributed by atoms with Crippen molar-refractivity contribution >= 4 is 37.8 Å². The van der Waals surface area contributed by atoms with Crippen molar-refractivity contribution < 1.29 is 9.53 Å². The summed E-state index contributed by atoms with van der Waals surface area (Å²) in [5.41, 5.74) is 1.59. The van der Waals surface area contributed by atoms with Gasteiger partial charge in [-0.25, -0.2) is 0 Å². The fraction of sp³-hybridized carbons (Fsp3) is 0.133. The number of carbonyl (C=O) groups excluding carboxylic acids is 1. The van der Waals surface area contributed by atoms with Crippen LogP contribution in [0.3, 0.4) is 0 Å². The third-order valence-electron chi connectivity index (χ3n) is 2.76. The van der Waals surface area contributed by atoms with Crippen LogP contribution in [0.5, 0.6) is 5.75 Å². The summed E-state index contributed by atoms with van der Waals surface area (Å²) < 4.78 is 6.86. The first-order valence-electron chi connectivity index (χ1n) is 5.96. The molecule has 2 rings (SSSR count). The molecule has 1 amide bonds. The molecule has 0 atom stereocenters. The summed E-state index contributed by atoms with van der Waals surface area (Å²) in [4.78, 5) is 12.2. The van der Waals surface area contributed by atoms with E-state index in [4.69, 9.17) is 4.74 Å². The van der Waals surface area contributed by atoms with Gasteiger partial charge in [0.15, 0.2) is 0 Å². The van der Waals surface area contributed by atoms with Crippen LogP contribution in [0, 0.1) is 0 Å². The van der Waals surface area contributed by atoms with Crippen LogP contribution in [0.15, 0.2) is 51.4 Å². The molecule has 0 unspecified atom stereocenters. The number of amides is 1. The van der Waals surface area contributed by atoms with Crippen LogP contribution in [0.2, 0.25) is 0 Å². The molecule has 0 aliphatic heterocycles. The Balaban J connectivity index is 2.08. The van der Waals surface area contributed by atoms with Crippen molar-refractivity contribution in [2.75, 3.05) is 7.11 Å². The van der Waals surface area contributed by atoms with Crippen molar-refractivity contribution in [3.05, 3.63) is 62.5 Å². The highest BCUT2D eigenvalue weighted by atomic mass is 79.9. The zero-order chi connectivity index (χ0) is 14.5. The average molecular weight is 399 g/mol. The van der Waals surface area contributed by atoms with E-state index in [0.29, 0.717) is 17.9 Å². The van der Waals surface area contributed by atoms with Crippen molar-refractivity contribution in [1.29, 1.82) is 0 Å². The second-order valence-electron chi connectivity index (χ2n) is 4.16. The van der Waals surface area contributed by atoms with Crippen LogP contribution >= 0.6 is 31.9 Å². The number of rotatable bonds is 4. The highest BCUT2D eigenvalue weighted by Gasteiger charge is 2.11. The van der Waals surface area contributed by atoms with Gasteiger partial charge in [0.2, 0.25) is 0 Å². The minimum Gasteiger partial charge on any atom is -0.497 e. The molecule has 0 spiro atoms. The minimum absolute atomic E-state index is 0.143. The SMILES string of the molecule is COc1ccc(Br)c(C(=O)NCc2cccc(Br)c2)c1. The van der Waals surface area contributed by atoms with Gasteiger partial charge < -0.3 is 10.1 Å². The Morgan fingerprint density at radius 1 is 1.20 bits per heavy atom. The highest BCUT2D eigenvalue weighted by Crippen LogP contribution is 2.22. The summed E-state index contributed by atoms with van der Waals surface area (Å²) in [5, 5.41) is 2.89. The normalized spacial score (nSPS) is 10.2. The summed E-state index contributed by atoms with van der Waals surface area (Å²) >= 11 is 6.78. The zero-order valence-electron chi connectivity index (χ0n) is 10.8. The summed E-state index contributed by atoms with van der Waals surface area (Å²) in [7, 11) is 1.58. The van der Waals surface area contributed by atoms with Gasteiger partial charge in [0.1, 0.15) is 5.75 Å². The van der Waals surface area contributed by atoms with Crippen molar-refractivity contribution in [1.82, 2.24) is 5.32 Å². The summed E-state index contributed by atoms with van der Waals surface area (Å²) in [6.45, 7) is 0.474. The number of hydrogen-bond donors (Lipinski definition) is 1. The van der Waals surface area contributed by atoms with E-state index in [1.165, 1.54) is 0 Å². The van der Waals surface area contributed by atoms with Crippen LogP contribution < -0.4 is 10.1 Å². The molecule has 0 aliphatic carbocycles. The van der Waals surface area contributed by atoms with E-state index in [2.05, 4.69) is 37.2 Å². The van der Waals surface area contributed by atoms with Gasteiger partial charge in [0.05, 0.1) is 12.7 Å². The van der Waals surface area contributed by atoms with Gasteiger partial charge in [0, 0.05) is 15.5 Å². The number of methoxy groups -OCH3 is 1. The molecule has 0 heterocycles. The van der Waals surface area contributed by atoms with E-state index in [0.717, 1.165) is 14.5 Å². The number of halogens is 2. The largest absolute Gasteiger partial charge is 0.497 e. The number of ether oxygens (including phenoxy) is 1. The standard InChI is InChI=1S/C15H13Br2NO2/c1-20-12-5-6-14(17)13(8-12)15(19)18-9-10-3-2-4-11(16)7-10/h2-8H,9H2,1H3,(H,18,19). The van der Waals surface area contributed by atoms with Crippen molar-refractivity contribution in [2.45, 2.75) is 6.54 Å². The smallest absolute Gasteiger partial charge is 0.252 e. The quantitative estimate of drug-likeness (QED) is 0.839. The number of nitrogens with one attached hydrogen (secondary N) is 1. The predicted molar refractivity (Wildman–Crippen MR) is 86.0 cm³/mol. The third-order valence-corrected chi connectivity index (χ3v) is 3.95. The molecule has 0 bridgehead atoms. The van der Waals surface area contributed by atoms with E-state index < -0.39 is 0 Å². The predicted octanol–water partition coefficient (Wildman–Crippen LogP) is 4.15. The lowest BCUT2D eigenvalue weighted by molar-refractivity contribution is 0.0950. The monoisotopic (exact) mass is 397 g/mol. The van der Waals surface area contributed by atoms with Crippen molar-refractivity contribution in [2.24, 2.45) is 0 Å². The first-order chi connectivity index (χ1) is 9.60. The lowest BCUT2D eigenvalue weighted by atomic mass is 10.2. The van der Waals surface area contributed by atoms with Gasteiger partial charge in [-0.2, -0.15) is 0 Å². The minimum atomic E-state index is -0.143. The zero-order valence-corrected chi connectivity index (χ0v) is 14.0. The third kappa shape index (κ3) is 3.84. The highest BCUT2D eigenvalue weighted by molar-refractivity contribution is 9.10. The number of hydrogen-bond acceptors (Lipinski definition) is 2. The van der Waals surface area contributed by atoms with Gasteiger partial charge in [0.25, 0.3) is 5.91 Å². The molecule has 0 saturated carbocycles. The molecular formula is C15H13Br2NO2. The second kappa shape index (κ2) is 6.90. The first kappa shape index (κ1) is 15.1. The molecule has 5 heteroatoms. The Kier molecular flexibility index (Phi) is 5.20. The van der Waals surface area contributed by atoms with Gasteiger partial charge in [-0.1, -0.05) is 28.1 Å². The molecule has 0 fully saturated rings. The molecule has 20 heavy (non-hydrogen) atoms. The Bertz CT molecular complexity index is 629. The molecular weight excluding hydrogens is 386 g/mol. The van der Waals surface area contributed by atoms with E-state index in [1.54, 1.807) is 25.3 Å². The molecule has 0 saturated heterocycles. The lowest BCUT2D eigenvalue weighted by Gasteiger charge is -2.09. The van der Waals surface area contributed by atoms with Gasteiger partial charge >= 0.3 is 0 Å². The van der Waals surface area contributed by atoms with E-state index >= 15 is 0 Å². The summed E-state index contributed by atoms with van der Waals surface area (Å²) in [6.07, 6.45) is 0. The van der Waals surface area contributed by atoms with Gasteiger partial charge in [-0.05, 0) is 51.8 Å². The van der Waals surface area contributed by atoms with Crippen molar-refractivity contribution in [3.63, 3.8) is 0 Å². The topological polar surface area (TPSA) is 38.3 Å². The average Bonchev–Trinajstić information content (AvgIpc) is 2.45. The van der Waals surface area contributed by atoms with Gasteiger partial charge in [-0.3, -0.25) is 4.79 Å². The Morgan fingerprint density at radius 3 is 2.70 bits per heavy atom. The Labute approximate surface area is 134 Å². The van der Waals surface area contributed by atoms with Gasteiger partial charge in [-0.15, -0.1) is 0 Å². The van der Waals surface area contributed by atoms with Crippen molar-refractivity contribution in [3.8, 4) is 5.75 Å². The maximum atomic E-state index is 12.2. The number of benzene rings is 2. The lowest BCUT2D eigenvalue weighted by Crippen LogP contribution is -2.23. The molecule has 0 aliphatic rings. The summed E-state index contributed by atoms with van der Waals surface area (Å²) in [6, 6.07) is 13.1. The fourth-order valence-electron chi connectivity index (χ4n) is 1.73. The van der Waals surface area contributed by atoms with E-state index in [9.17, 15) is 4.79 Å². The van der Waals surface area contributed by atoms with Crippen LogP contribution in [-0.2, 0) is 6.54 Å². The Hall–Kier alpha value is -1.33. The molecule has 1 N–H and O–H groups in total. The maximum Gasteiger partial charge on any atom is 0.252 e.